The zero-order valence-electron chi connectivity index (χ0n) is 9.91. The number of nitrogens with one attached hydrogen (secondary N) is 1. The highest BCUT2D eigenvalue weighted by molar-refractivity contribution is 7.89. The van der Waals surface area contributed by atoms with Gasteiger partial charge in [-0.05, 0) is 6.07 Å². The van der Waals surface area contributed by atoms with E-state index in [1.165, 1.54) is 21.3 Å². The summed E-state index contributed by atoms with van der Waals surface area (Å²) in [5.74, 6) is -0.167. The Morgan fingerprint density at radius 3 is 2.94 bits per heavy atom. The molecule has 1 saturated heterocycles. The molecule has 0 bridgehead atoms. The van der Waals surface area contributed by atoms with E-state index in [2.05, 4.69) is 5.10 Å². The molecule has 1 unspecified atom stereocenters. The van der Waals surface area contributed by atoms with Crippen LogP contribution >= 0.6 is 0 Å². The lowest BCUT2D eigenvalue weighted by molar-refractivity contribution is 0.0366. The fourth-order valence-corrected chi connectivity index (χ4v) is 3.30. The van der Waals surface area contributed by atoms with Gasteiger partial charge in [0.1, 0.15) is 11.9 Å². The summed E-state index contributed by atoms with van der Waals surface area (Å²) < 4.78 is 32.5. The van der Waals surface area contributed by atoms with Gasteiger partial charge < -0.3 is 10.5 Å². The lowest BCUT2D eigenvalue weighted by atomic mass is 10.3. The van der Waals surface area contributed by atoms with E-state index >= 15 is 0 Å². The average molecular weight is 273 g/mol. The van der Waals surface area contributed by atoms with Crippen molar-refractivity contribution in [3.05, 3.63) is 12.3 Å². The molecule has 0 radical (unpaired) electrons. The SMILES string of the molecule is Cn1nccc1S(=O)(=O)N1CCOC(C(=N)N)C1. The summed E-state index contributed by atoms with van der Waals surface area (Å²) in [6, 6.07) is 1.44. The number of nitrogens with two attached hydrogens (primary N) is 1. The molecule has 2 rings (SSSR count). The van der Waals surface area contributed by atoms with E-state index in [9.17, 15) is 8.42 Å². The van der Waals surface area contributed by atoms with Gasteiger partial charge in [0.15, 0.2) is 5.03 Å². The number of rotatable bonds is 3. The Bertz CT molecular complexity index is 552. The molecule has 0 aromatic carbocycles. The van der Waals surface area contributed by atoms with Crippen LogP contribution < -0.4 is 5.73 Å². The van der Waals surface area contributed by atoms with E-state index < -0.39 is 16.1 Å². The van der Waals surface area contributed by atoms with Crippen molar-refractivity contribution in [1.82, 2.24) is 14.1 Å². The minimum atomic E-state index is -3.61. The maximum atomic E-state index is 12.3. The van der Waals surface area contributed by atoms with Crippen LogP contribution in [0.3, 0.4) is 0 Å². The molecule has 1 aliphatic heterocycles. The van der Waals surface area contributed by atoms with Crippen LogP contribution in [0, 0.1) is 5.41 Å². The summed E-state index contributed by atoms with van der Waals surface area (Å²) in [7, 11) is -2.05. The van der Waals surface area contributed by atoms with E-state index in [-0.39, 0.29) is 30.6 Å². The van der Waals surface area contributed by atoms with Crippen LogP contribution in [0.1, 0.15) is 0 Å². The van der Waals surface area contributed by atoms with Crippen LogP contribution in [-0.4, -0.2) is 54.1 Å². The minimum Gasteiger partial charge on any atom is -0.385 e. The highest BCUT2D eigenvalue weighted by Gasteiger charge is 2.33. The van der Waals surface area contributed by atoms with Crippen molar-refractivity contribution in [3.8, 4) is 0 Å². The second kappa shape index (κ2) is 4.67. The second-order valence-electron chi connectivity index (χ2n) is 3.97. The predicted octanol–water partition coefficient (Wildman–Crippen LogP) is -1.25. The fourth-order valence-electron chi connectivity index (χ4n) is 1.78. The molecule has 0 spiro atoms. The fraction of sp³-hybridized carbons (Fsp3) is 0.556. The molecule has 8 nitrogen and oxygen atoms in total. The summed E-state index contributed by atoms with van der Waals surface area (Å²) in [4.78, 5) is 0. The van der Waals surface area contributed by atoms with Gasteiger partial charge in [0, 0.05) is 20.1 Å². The van der Waals surface area contributed by atoms with E-state index in [0.717, 1.165) is 0 Å². The highest BCUT2D eigenvalue weighted by atomic mass is 32.2. The standard InChI is InChI=1S/C9H15N5O3S/c1-13-8(2-3-12-13)18(15,16)14-4-5-17-7(6-14)9(10)11/h2-3,7H,4-6H2,1H3,(H3,10,11). The summed E-state index contributed by atoms with van der Waals surface area (Å²) >= 11 is 0. The molecule has 2 heterocycles. The van der Waals surface area contributed by atoms with Gasteiger partial charge in [0.05, 0.1) is 12.8 Å². The largest absolute Gasteiger partial charge is 0.385 e. The Morgan fingerprint density at radius 1 is 1.67 bits per heavy atom. The first-order valence-corrected chi connectivity index (χ1v) is 6.80. The molecule has 0 aliphatic carbocycles. The van der Waals surface area contributed by atoms with Crippen molar-refractivity contribution in [2.24, 2.45) is 12.8 Å². The monoisotopic (exact) mass is 273 g/mol. The lowest BCUT2D eigenvalue weighted by Crippen LogP contribution is -2.50. The maximum Gasteiger partial charge on any atom is 0.260 e. The van der Waals surface area contributed by atoms with Crippen molar-refractivity contribution in [2.45, 2.75) is 11.1 Å². The summed E-state index contributed by atoms with van der Waals surface area (Å²) in [5, 5.41) is 11.3. The van der Waals surface area contributed by atoms with Crippen molar-refractivity contribution in [2.75, 3.05) is 19.7 Å². The Hall–Kier alpha value is -1.45. The van der Waals surface area contributed by atoms with Gasteiger partial charge >= 0.3 is 0 Å². The number of aromatic nitrogens is 2. The molecule has 100 valence electrons. The molecule has 9 heteroatoms. The van der Waals surface area contributed by atoms with Crippen molar-refractivity contribution < 1.29 is 13.2 Å². The first kappa shape index (κ1) is 13.0. The van der Waals surface area contributed by atoms with Gasteiger partial charge in [0.2, 0.25) is 0 Å². The average Bonchev–Trinajstić information content (AvgIpc) is 2.76. The number of aryl methyl sites for hydroxylation is 1. The van der Waals surface area contributed by atoms with E-state index in [1.807, 2.05) is 0 Å². The van der Waals surface area contributed by atoms with Gasteiger partial charge in [-0.15, -0.1) is 0 Å². The van der Waals surface area contributed by atoms with Crippen molar-refractivity contribution in [1.29, 1.82) is 5.41 Å². The topological polar surface area (TPSA) is 114 Å². The second-order valence-corrected chi connectivity index (χ2v) is 5.86. The molecule has 1 aromatic heterocycles. The van der Waals surface area contributed by atoms with Gasteiger partial charge in [0.25, 0.3) is 10.0 Å². The third-order valence-corrected chi connectivity index (χ3v) is 4.70. The van der Waals surface area contributed by atoms with Crippen molar-refractivity contribution in [3.63, 3.8) is 0 Å². The molecule has 0 amide bonds. The molecule has 1 aromatic rings. The number of sulfonamides is 1. The number of ether oxygens (including phenoxy) is 1. The summed E-state index contributed by atoms with van der Waals surface area (Å²) in [6.07, 6.45) is 0.747. The molecule has 1 atom stereocenters. The van der Waals surface area contributed by atoms with Gasteiger partial charge in [-0.1, -0.05) is 0 Å². The smallest absolute Gasteiger partial charge is 0.260 e. The number of morpholine rings is 1. The lowest BCUT2D eigenvalue weighted by Gasteiger charge is -2.31. The molecular formula is C9H15N5O3S. The maximum absolute atomic E-state index is 12.3. The zero-order chi connectivity index (χ0) is 13.3. The molecule has 1 aliphatic rings. The first-order valence-electron chi connectivity index (χ1n) is 5.36. The third-order valence-electron chi connectivity index (χ3n) is 2.76. The van der Waals surface area contributed by atoms with E-state index in [1.54, 1.807) is 7.05 Å². The van der Waals surface area contributed by atoms with Crippen LogP contribution in [0.5, 0.6) is 0 Å². The van der Waals surface area contributed by atoms with Crippen LogP contribution in [-0.2, 0) is 21.8 Å². The summed E-state index contributed by atoms with van der Waals surface area (Å²) in [5.41, 5.74) is 5.34. The zero-order valence-corrected chi connectivity index (χ0v) is 10.7. The first-order chi connectivity index (χ1) is 8.43. The van der Waals surface area contributed by atoms with Crippen LogP contribution in [0.25, 0.3) is 0 Å². The van der Waals surface area contributed by atoms with E-state index in [4.69, 9.17) is 15.9 Å². The van der Waals surface area contributed by atoms with Crippen LogP contribution in [0.4, 0.5) is 0 Å². The predicted molar refractivity (Wildman–Crippen MR) is 63.6 cm³/mol. The van der Waals surface area contributed by atoms with Crippen molar-refractivity contribution >= 4 is 15.9 Å². The van der Waals surface area contributed by atoms with Crippen LogP contribution in [0.15, 0.2) is 17.3 Å². The Morgan fingerprint density at radius 2 is 2.39 bits per heavy atom. The van der Waals surface area contributed by atoms with Gasteiger partial charge in [-0.2, -0.15) is 9.40 Å². The Labute approximate surface area is 105 Å². The quantitative estimate of drug-likeness (QED) is 0.527. The third kappa shape index (κ3) is 2.24. The van der Waals surface area contributed by atoms with Gasteiger partial charge in [-0.3, -0.25) is 10.1 Å². The normalized spacial score (nSPS) is 21.9. The Balaban J connectivity index is 2.26. The molecule has 1 fully saturated rings. The number of nitrogens with zero attached hydrogens (tertiary/aromatic N) is 3. The number of hydrogen-bond donors (Lipinski definition) is 2. The minimum absolute atomic E-state index is 0.0584. The molecule has 0 saturated carbocycles. The Kier molecular flexibility index (Phi) is 3.37. The van der Waals surface area contributed by atoms with Gasteiger partial charge in [-0.25, -0.2) is 8.42 Å². The molecular weight excluding hydrogens is 258 g/mol. The molecule has 3 N–H and O–H groups in total. The highest BCUT2D eigenvalue weighted by Crippen LogP contribution is 2.17. The number of amidine groups is 1. The summed E-state index contributed by atoms with van der Waals surface area (Å²) in [6.45, 7) is 0.529. The van der Waals surface area contributed by atoms with E-state index in [0.29, 0.717) is 0 Å². The number of hydrogen-bond acceptors (Lipinski definition) is 5. The molecule has 18 heavy (non-hydrogen) atoms. The van der Waals surface area contributed by atoms with Crippen LogP contribution in [0.2, 0.25) is 0 Å².